The third-order valence-electron chi connectivity index (χ3n) is 4.49. The molecular weight excluding hydrogens is 327 g/mol. The largest absolute Gasteiger partial charge is 0.435 e. The lowest BCUT2D eigenvalue weighted by atomic mass is 10.1. The fraction of sp³-hybridized carbons (Fsp3) is 0.467. The summed E-state index contributed by atoms with van der Waals surface area (Å²) in [4.78, 5) is 17.6. The van der Waals surface area contributed by atoms with Gasteiger partial charge in [0.05, 0.1) is 12.2 Å². The number of hydrogen-bond acceptors (Lipinski definition) is 3. The van der Waals surface area contributed by atoms with Gasteiger partial charge < -0.3 is 9.30 Å². The molecule has 23 heavy (non-hydrogen) atoms. The third-order valence-corrected chi connectivity index (χ3v) is 5.87. The van der Waals surface area contributed by atoms with Gasteiger partial charge in [0.2, 0.25) is 5.91 Å². The van der Waals surface area contributed by atoms with E-state index in [4.69, 9.17) is 0 Å². The molecule has 0 radical (unpaired) electrons. The van der Waals surface area contributed by atoms with E-state index >= 15 is 0 Å². The van der Waals surface area contributed by atoms with E-state index < -0.39 is 11.9 Å². The van der Waals surface area contributed by atoms with Crippen molar-refractivity contribution in [2.45, 2.75) is 36.9 Å². The zero-order valence-corrected chi connectivity index (χ0v) is 12.9. The number of carbonyl (C=O) groups excluding carboxylic acids is 1. The number of thioether (sulfide) groups is 1. The third kappa shape index (κ3) is 2.39. The highest BCUT2D eigenvalue weighted by Gasteiger charge is 2.45. The molecule has 0 aromatic carbocycles. The van der Waals surface area contributed by atoms with Crippen molar-refractivity contribution in [3.05, 3.63) is 35.8 Å². The SMILES string of the molecule is O=C1CC2SCCC2N1Cc1c(C(F)(F)F)nc2ccccn12. The number of carbonyl (C=O) groups is 1. The van der Waals surface area contributed by atoms with E-state index in [9.17, 15) is 18.0 Å². The molecule has 2 saturated heterocycles. The zero-order valence-electron chi connectivity index (χ0n) is 12.1. The first-order valence-corrected chi connectivity index (χ1v) is 8.44. The van der Waals surface area contributed by atoms with Gasteiger partial charge in [0.1, 0.15) is 5.65 Å². The van der Waals surface area contributed by atoms with Gasteiger partial charge in [-0.2, -0.15) is 24.9 Å². The number of imidazole rings is 1. The number of amides is 1. The number of pyridine rings is 1. The van der Waals surface area contributed by atoms with E-state index in [0.29, 0.717) is 6.42 Å². The molecule has 8 heteroatoms. The van der Waals surface area contributed by atoms with E-state index in [1.165, 1.54) is 4.40 Å². The van der Waals surface area contributed by atoms with Crippen molar-refractivity contribution in [2.24, 2.45) is 0 Å². The number of halogens is 3. The van der Waals surface area contributed by atoms with Crippen LogP contribution in [-0.4, -0.2) is 37.2 Å². The quantitative estimate of drug-likeness (QED) is 0.843. The molecule has 2 aromatic heterocycles. The lowest BCUT2D eigenvalue weighted by molar-refractivity contribution is -0.142. The molecule has 122 valence electrons. The second kappa shape index (κ2) is 5.15. The Hall–Kier alpha value is -1.70. The Kier molecular flexibility index (Phi) is 3.33. The minimum Gasteiger partial charge on any atom is -0.333 e. The van der Waals surface area contributed by atoms with Crippen molar-refractivity contribution in [1.29, 1.82) is 0 Å². The Balaban J connectivity index is 1.77. The summed E-state index contributed by atoms with van der Waals surface area (Å²) < 4.78 is 41.5. The molecule has 0 aliphatic carbocycles. The molecule has 2 aromatic rings. The number of fused-ring (bicyclic) bond motifs is 2. The van der Waals surface area contributed by atoms with Crippen LogP contribution in [0.4, 0.5) is 13.2 Å². The predicted molar refractivity (Wildman–Crippen MR) is 80.0 cm³/mol. The lowest BCUT2D eigenvalue weighted by Gasteiger charge is -2.24. The van der Waals surface area contributed by atoms with Gasteiger partial charge in [-0.05, 0) is 24.3 Å². The molecule has 2 atom stereocenters. The number of alkyl halides is 3. The van der Waals surface area contributed by atoms with Gasteiger partial charge in [0, 0.05) is 23.9 Å². The summed E-state index contributed by atoms with van der Waals surface area (Å²) in [6, 6.07) is 4.90. The first-order chi connectivity index (χ1) is 10.9. The van der Waals surface area contributed by atoms with Crippen LogP contribution in [-0.2, 0) is 17.5 Å². The molecule has 2 unspecified atom stereocenters. The topological polar surface area (TPSA) is 37.6 Å². The maximum Gasteiger partial charge on any atom is 0.435 e. The summed E-state index contributed by atoms with van der Waals surface area (Å²) >= 11 is 1.74. The Morgan fingerprint density at radius 2 is 2.17 bits per heavy atom. The molecule has 4 rings (SSSR count). The summed E-state index contributed by atoms with van der Waals surface area (Å²) in [5, 5.41) is 0.219. The normalized spacial score (nSPS) is 24.7. The van der Waals surface area contributed by atoms with Crippen molar-refractivity contribution < 1.29 is 18.0 Å². The molecule has 2 fully saturated rings. The number of rotatable bonds is 2. The summed E-state index contributed by atoms with van der Waals surface area (Å²) in [6.07, 6.45) is -1.70. The molecule has 4 heterocycles. The second-order valence-corrected chi connectivity index (χ2v) is 7.17. The van der Waals surface area contributed by atoms with Crippen LogP contribution in [0, 0.1) is 0 Å². The maximum absolute atomic E-state index is 13.3. The van der Waals surface area contributed by atoms with Crippen molar-refractivity contribution in [3.63, 3.8) is 0 Å². The molecular formula is C15H14F3N3OS. The van der Waals surface area contributed by atoms with Crippen LogP contribution in [0.15, 0.2) is 24.4 Å². The highest BCUT2D eigenvalue weighted by atomic mass is 32.2. The van der Waals surface area contributed by atoms with E-state index in [2.05, 4.69) is 4.98 Å². The number of likely N-dealkylation sites (tertiary alicyclic amines) is 1. The summed E-state index contributed by atoms with van der Waals surface area (Å²) in [6.45, 7) is -0.0411. The Bertz CT molecular complexity index is 773. The molecule has 0 N–H and O–H groups in total. The van der Waals surface area contributed by atoms with Crippen LogP contribution in [0.3, 0.4) is 0 Å². The van der Waals surface area contributed by atoms with Crippen molar-refractivity contribution in [2.75, 3.05) is 5.75 Å². The molecule has 1 amide bonds. The summed E-state index contributed by atoms with van der Waals surface area (Å²) in [5.74, 6) is 0.893. The van der Waals surface area contributed by atoms with Gasteiger partial charge in [0.15, 0.2) is 5.69 Å². The first-order valence-electron chi connectivity index (χ1n) is 7.39. The van der Waals surface area contributed by atoms with Gasteiger partial charge >= 0.3 is 6.18 Å². The molecule has 0 saturated carbocycles. The minimum absolute atomic E-state index is 0.0407. The van der Waals surface area contributed by atoms with Gasteiger partial charge in [-0.1, -0.05) is 6.07 Å². The van der Waals surface area contributed by atoms with Crippen molar-refractivity contribution in [3.8, 4) is 0 Å². The molecule has 2 aliphatic heterocycles. The molecule has 0 spiro atoms. The first kappa shape index (κ1) is 14.9. The molecule has 2 aliphatic rings. The highest BCUT2D eigenvalue weighted by molar-refractivity contribution is 8.00. The summed E-state index contributed by atoms with van der Waals surface area (Å²) in [7, 11) is 0. The van der Waals surface area contributed by atoms with E-state index in [1.54, 1.807) is 41.1 Å². The van der Waals surface area contributed by atoms with Gasteiger partial charge in [-0.3, -0.25) is 4.79 Å². The van der Waals surface area contributed by atoms with Crippen LogP contribution >= 0.6 is 11.8 Å². The summed E-state index contributed by atoms with van der Waals surface area (Å²) in [5.41, 5.74) is -0.608. The Labute approximate surface area is 134 Å². The predicted octanol–water partition coefficient (Wildman–Crippen LogP) is 2.96. The Morgan fingerprint density at radius 1 is 1.35 bits per heavy atom. The Morgan fingerprint density at radius 3 is 2.96 bits per heavy atom. The molecule has 0 bridgehead atoms. The minimum atomic E-state index is -4.53. The van der Waals surface area contributed by atoms with Crippen LogP contribution in [0.5, 0.6) is 0 Å². The number of hydrogen-bond donors (Lipinski definition) is 0. The fourth-order valence-electron chi connectivity index (χ4n) is 3.45. The zero-order chi connectivity index (χ0) is 16.2. The lowest BCUT2D eigenvalue weighted by Crippen LogP contribution is -2.34. The van der Waals surface area contributed by atoms with Crippen LogP contribution in [0.25, 0.3) is 5.65 Å². The maximum atomic E-state index is 13.3. The number of nitrogens with zero attached hydrogens (tertiary/aromatic N) is 3. The smallest absolute Gasteiger partial charge is 0.333 e. The van der Waals surface area contributed by atoms with Gasteiger partial charge in [0.25, 0.3) is 0 Å². The fourth-order valence-corrected chi connectivity index (χ4v) is 4.90. The monoisotopic (exact) mass is 341 g/mol. The average molecular weight is 341 g/mol. The van der Waals surface area contributed by atoms with Crippen LogP contribution in [0.1, 0.15) is 24.2 Å². The molecule has 4 nitrogen and oxygen atoms in total. The van der Waals surface area contributed by atoms with E-state index in [1.807, 2.05) is 0 Å². The van der Waals surface area contributed by atoms with Gasteiger partial charge in [-0.25, -0.2) is 4.98 Å². The highest BCUT2D eigenvalue weighted by Crippen LogP contribution is 2.40. The van der Waals surface area contributed by atoms with Crippen LogP contribution < -0.4 is 0 Å². The van der Waals surface area contributed by atoms with Gasteiger partial charge in [-0.15, -0.1) is 0 Å². The average Bonchev–Trinajstić information content (AvgIpc) is 3.14. The van der Waals surface area contributed by atoms with Crippen molar-refractivity contribution in [1.82, 2.24) is 14.3 Å². The number of aromatic nitrogens is 2. The standard InChI is InChI=1S/C15H14F3N3OS/c16-15(17,18)14-10(20-5-2-1-3-12(20)19-14)8-21-9-4-6-23-11(9)7-13(21)22/h1-3,5,9,11H,4,6-8H2. The van der Waals surface area contributed by atoms with Crippen LogP contribution in [0.2, 0.25) is 0 Å². The van der Waals surface area contributed by atoms with Crippen molar-refractivity contribution >= 4 is 23.3 Å². The van der Waals surface area contributed by atoms with E-state index in [-0.39, 0.29) is 35.1 Å². The van der Waals surface area contributed by atoms with E-state index in [0.717, 1.165) is 12.2 Å². The second-order valence-electron chi connectivity index (χ2n) is 5.82.